The van der Waals surface area contributed by atoms with Gasteiger partial charge >= 0.3 is 0 Å². The summed E-state index contributed by atoms with van der Waals surface area (Å²) in [6, 6.07) is 0. The van der Waals surface area contributed by atoms with Crippen molar-refractivity contribution in [2.24, 2.45) is 5.92 Å². The van der Waals surface area contributed by atoms with Gasteiger partial charge in [0.1, 0.15) is 0 Å². The number of rotatable bonds is 3. The van der Waals surface area contributed by atoms with Gasteiger partial charge in [-0.05, 0) is 30.9 Å². The average molecular weight is 148 g/mol. The summed E-state index contributed by atoms with van der Waals surface area (Å²) in [4.78, 5) is 10.8. The molecule has 58 valence electrons. The van der Waals surface area contributed by atoms with E-state index in [9.17, 15) is 4.79 Å². The lowest BCUT2D eigenvalue weighted by Gasteiger charge is -2.01. The second-order valence-corrected chi connectivity index (χ2v) is 2.78. The SMILES string of the molecule is C=C=CCCC1C=CC(=O)C1. The summed E-state index contributed by atoms with van der Waals surface area (Å²) in [7, 11) is 0. The highest BCUT2D eigenvalue weighted by molar-refractivity contribution is 5.92. The van der Waals surface area contributed by atoms with Crippen LogP contribution in [0.3, 0.4) is 0 Å². The molecule has 1 atom stereocenters. The van der Waals surface area contributed by atoms with Gasteiger partial charge in [0, 0.05) is 6.42 Å². The Morgan fingerprint density at radius 3 is 3.18 bits per heavy atom. The van der Waals surface area contributed by atoms with E-state index in [-0.39, 0.29) is 5.78 Å². The highest BCUT2D eigenvalue weighted by Gasteiger charge is 2.13. The average Bonchev–Trinajstić information content (AvgIpc) is 2.37. The van der Waals surface area contributed by atoms with Gasteiger partial charge in [-0.3, -0.25) is 4.79 Å². The zero-order valence-corrected chi connectivity index (χ0v) is 6.55. The van der Waals surface area contributed by atoms with E-state index >= 15 is 0 Å². The summed E-state index contributed by atoms with van der Waals surface area (Å²) < 4.78 is 0. The molecular weight excluding hydrogens is 136 g/mol. The maximum Gasteiger partial charge on any atom is 0.155 e. The van der Waals surface area contributed by atoms with Gasteiger partial charge < -0.3 is 0 Å². The van der Waals surface area contributed by atoms with Gasteiger partial charge in [0.15, 0.2) is 5.78 Å². The maximum absolute atomic E-state index is 10.8. The van der Waals surface area contributed by atoms with Gasteiger partial charge in [0.05, 0.1) is 0 Å². The van der Waals surface area contributed by atoms with Crippen LogP contribution in [0.2, 0.25) is 0 Å². The van der Waals surface area contributed by atoms with Crippen LogP contribution >= 0.6 is 0 Å². The summed E-state index contributed by atoms with van der Waals surface area (Å²) in [5, 5.41) is 0. The third-order valence-corrected chi connectivity index (χ3v) is 1.84. The molecule has 0 bridgehead atoms. The Balaban J connectivity index is 2.24. The largest absolute Gasteiger partial charge is 0.295 e. The van der Waals surface area contributed by atoms with Gasteiger partial charge in [0.25, 0.3) is 0 Å². The summed E-state index contributed by atoms with van der Waals surface area (Å²) in [5.41, 5.74) is 2.72. The smallest absolute Gasteiger partial charge is 0.155 e. The maximum atomic E-state index is 10.8. The molecule has 1 nitrogen and oxygen atoms in total. The van der Waals surface area contributed by atoms with E-state index in [1.54, 1.807) is 6.08 Å². The molecule has 11 heavy (non-hydrogen) atoms. The molecule has 0 amide bonds. The summed E-state index contributed by atoms with van der Waals surface area (Å²) in [5.74, 6) is 0.727. The van der Waals surface area contributed by atoms with E-state index in [0.29, 0.717) is 12.3 Å². The number of allylic oxidation sites excluding steroid dienone is 3. The number of carbonyl (C=O) groups is 1. The molecule has 1 aliphatic carbocycles. The highest BCUT2D eigenvalue weighted by atomic mass is 16.1. The lowest BCUT2D eigenvalue weighted by molar-refractivity contribution is -0.114. The van der Waals surface area contributed by atoms with Crippen molar-refractivity contribution in [3.63, 3.8) is 0 Å². The Morgan fingerprint density at radius 1 is 1.82 bits per heavy atom. The number of hydrogen-bond acceptors (Lipinski definition) is 1. The van der Waals surface area contributed by atoms with Gasteiger partial charge in [-0.15, -0.1) is 5.73 Å². The van der Waals surface area contributed by atoms with Crippen LogP contribution in [0, 0.1) is 5.92 Å². The standard InChI is InChI=1S/C10H12O/c1-2-3-4-5-9-6-7-10(11)8-9/h3,6-7,9H,1,4-5,8H2. The van der Waals surface area contributed by atoms with Crippen LogP contribution in [0.4, 0.5) is 0 Å². The van der Waals surface area contributed by atoms with E-state index < -0.39 is 0 Å². The van der Waals surface area contributed by atoms with Gasteiger partial charge in [-0.25, -0.2) is 0 Å². The predicted octanol–water partition coefficient (Wildman–Crippen LogP) is 2.25. The molecule has 1 unspecified atom stereocenters. The molecule has 1 rings (SSSR count). The number of hydrogen-bond donors (Lipinski definition) is 0. The molecule has 0 fully saturated rings. The minimum Gasteiger partial charge on any atom is -0.295 e. The van der Waals surface area contributed by atoms with E-state index in [2.05, 4.69) is 12.3 Å². The van der Waals surface area contributed by atoms with Crippen molar-refractivity contribution in [3.8, 4) is 0 Å². The minimum atomic E-state index is 0.262. The molecule has 0 N–H and O–H groups in total. The quantitative estimate of drug-likeness (QED) is 0.561. The van der Waals surface area contributed by atoms with Crippen molar-refractivity contribution in [2.45, 2.75) is 19.3 Å². The Kier molecular flexibility index (Phi) is 2.88. The second-order valence-electron chi connectivity index (χ2n) is 2.78. The van der Waals surface area contributed by atoms with Crippen LogP contribution in [-0.4, -0.2) is 5.78 Å². The van der Waals surface area contributed by atoms with Crippen molar-refractivity contribution < 1.29 is 4.79 Å². The van der Waals surface area contributed by atoms with Crippen LogP contribution < -0.4 is 0 Å². The Morgan fingerprint density at radius 2 is 2.64 bits per heavy atom. The van der Waals surface area contributed by atoms with Crippen LogP contribution in [0.15, 0.2) is 30.5 Å². The number of ketones is 1. The normalized spacial score (nSPS) is 21.8. The van der Waals surface area contributed by atoms with E-state index in [1.165, 1.54) is 0 Å². The Hall–Kier alpha value is -1.07. The topological polar surface area (TPSA) is 17.1 Å². The monoisotopic (exact) mass is 148 g/mol. The molecule has 0 aliphatic heterocycles. The zero-order valence-electron chi connectivity index (χ0n) is 6.55. The molecule has 0 aromatic rings. The van der Waals surface area contributed by atoms with Gasteiger partial charge in [0.2, 0.25) is 0 Å². The lowest BCUT2D eigenvalue weighted by Crippen LogP contribution is -1.94. The Bertz CT molecular complexity index is 219. The van der Waals surface area contributed by atoms with Crippen molar-refractivity contribution in [3.05, 3.63) is 30.5 Å². The first-order valence-electron chi connectivity index (χ1n) is 3.88. The first kappa shape index (κ1) is 8.03. The third-order valence-electron chi connectivity index (χ3n) is 1.84. The minimum absolute atomic E-state index is 0.262. The van der Waals surface area contributed by atoms with Crippen LogP contribution in [-0.2, 0) is 4.79 Å². The molecule has 0 aromatic carbocycles. The number of carbonyl (C=O) groups excluding carboxylic acids is 1. The van der Waals surface area contributed by atoms with Gasteiger partial charge in [-0.1, -0.05) is 12.7 Å². The molecule has 0 saturated heterocycles. The summed E-state index contributed by atoms with van der Waals surface area (Å²) >= 11 is 0. The fourth-order valence-electron chi connectivity index (χ4n) is 1.24. The fraction of sp³-hybridized carbons (Fsp3) is 0.400. The van der Waals surface area contributed by atoms with E-state index in [4.69, 9.17) is 0 Å². The van der Waals surface area contributed by atoms with Crippen LogP contribution in [0.1, 0.15) is 19.3 Å². The Labute approximate surface area is 67.1 Å². The highest BCUT2D eigenvalue weighted by Crippen LogP contribution is 2.19. The fourth-order valence-corrected chi connectivity index (χ4v) is 1.24. The molecule has 1 aliphatic rings. The molecule has 0 saturated carbocycles. The van der Waals surface area contributed by atoms with Crippen molar-refractivity contribution in [1.82, 2.24) is 0 Å². The predicted molar refractivity (Wildman–Crippen MR) is 45.2 cm³/mol. The van der Waals surface area contributed by atoms with Crippen LogP contribution in [0.25, 0.3) is 0 Å². The molecule has 0 heterocycles. The van der Waals surface area contributed by atoms with Crippen LogP contribution in [0.5, 0.6) is 0 Å². The summed E-state index contributed by atoms with van der Waals surface area (Å²) in [6.45, 7) is 3.47. The van der Waals surface area contributed by atoms with E-state index in [1.807, 2.05) is 12.2 Å². The first-order valence-corrected chi connectivity index (χ1v) is 3.88. The molecule has 1 heteroatoms. The molecular formula is C10H12O. The second kappa shape index (κ2) is 3.95. The molecule has 0 aromatic heterocycles. The zero-order chi connectivity index (χ0) is 8.10. The lowest BCUT2D eigenvalue weighted by atomic mass is 10.0. The first-order chi connectivity index (χ1) is 5.33. The third kappa shape index (κ3) is 2.57. The molecule has 0 spiro atoms. The van der Waals surface area contributed by atoms with E-state index in [0.717, 1.165) is 12.8 Å². The van der Waals surface area contributed by atoms with Crippen molar-refractivity contribution >= 4 is 5.78 Å². The van der Waals surface area contributed by atoms with Gasteiger partial charge in [-0.2, -0.15) is 0 Å². The molecule has 0 radical (unpaired) electrons. The van der Waals surface area contributed by atoms with Crippen molar-refractivity contribution in [1.29, 1.82) is 0 Å². The summed E-state index contributed by atoms with van der Waals surface area (Å²) in [6.07, 6.45) is 8.32. The van der Waals surface area contributed by atoms with Crippen molar-refractivity contribution in [2.75, 3.05) is 0 Å².